The Hall–Kier alpha value is -3.89. The van der Waals surface area contributed by atoms with Crippen LogP contribution < -0.4 is 10.1 Å². The summed E-state index contributed by atoms with van der Waals surface area (Å²) >= 11 is 0. The van der Waals surface area contributed by atoms with E-state index in [0.717, 1.165) is 12.1 Å². The maximum Gasteiger partial charge on any atom is 0.305 e. The van der Waals surface area contributed by atoms with Gasteiger partial charge >= 0.3 is 5.69 Å². The number of ether oxygens (including phenoxy) is 1. The maximum atomic E-state index is 13.5. The van der Waals surface area contributed by atoms with Gasteiger partial charge in [0.1, 0.15) is 12.1 Å². The first-order valence-corrected chi connectivity index (χ1v) is 7.23. The number of carbonyl (C=O) groups is 1. The van der Waals surface area contributed by atoms with Crippen molar-refractivity contribution in [1.29, 1.82) is 0 Å². The summed E-state index contributed by atoms with van der Waals surface area (Å²) in [4.78, 5) is 21.6. The van der Waals surface area contributed by atoms with Gasteiger partial charge in [0.15, 0.2) is 6.61 Å². The molecule has 0 saturated heterocycles. The van der Waals surface area contributed by atoms with Gasteiger partial charge in [0.25, 0.3) is 5.91 Å². The van der Waals surface area contributed by atoms with Crippen LogP contribution in [0.1, 0.15) is 0 Å². The molecular formula is C15H11FN6O4. The van der Waals surface area contributed by atoms with Crippen LogP contribution in [0.3, 0.4) is 0 Å². The van der Waals surface area contributed by atoms with Crippen molar-refractivity contribution in [2.45, 2.75) is 0 Å². The lowest BCUT2D eigenvalue weighted by molar-refractivity contribution is -0.387. The minimum atomic E-state index is -1.04. The van der Waals surface area contributed by atoms with Gasteiger partial charge < -0.3 is 10.1 Å². The zero-order valence-corrected chi connectivity index (χ0v) is 13.1. The van der Waals surface area contributed by atoms with E-state index in [-0.39, 0.29) is 12.4 Å². The van der Waals surface area contributed by atoms with E-state index in [1.807, 2.05) is 0 Å². The SMILES string of the molecule is O=C(COc1ccc([N+](=O)[O-])c(F)c1)Nc1ccc(-n2cnnn2)cc1. The topological polar surface area (TPSA) is 125 Å². The first-order chi connectivity index (χ1) is 12.5. The van der Waals surface area contributed by atoms with Crippen molar-refractivity contribution in [2.24, 2.45) is 0 Å². The fraction of sp³-hybridized carbons (Fsp3) is 0.0667. The van der Waals surface area contributed by atoms with Gasteiger partial charge in [0.2, 0.25) is 5.82 Å². The Morgan fingerprint density at radius 1 is 1.27 bits per heavy atom. The van der Waals surface area contributed by atoms with Gasteiger partial charge in [-0.2, -0.15) is 4.39 Å². The van der Waals surface area contributed by atoms with Gasteiger partial charge in [-0.3, -0.25) is 14.9 Å². The van der Waals surface area contributed by atoms with Crippen LogP contribution in [0.5, 0.6) is 5.75 Å². The molecule has 0 bridgehead atoms. The summed E-state index contributed by atoms with van der Waals surface area (Å²) in [5.74, 6) is -1.50. The second-order valence-electron chi connectivity index (χ2n) is 5.01. The average Bonchev–Trinajstić information content (AvgIpc) is 3.15. The molecule has 0 aliphatic carbocycles. The summed E-state index contributed by atoms with van der Waals surface area (Å²) in [5.41, 5.74) is 0.570. The molecule has 26 heavy (non-hydrogen) atoms. The van der Waals surface area contributed by atoms with Crippen molar-refractivity contribution in [2.75, 3.05) is 11.9 Å². The Labute approximate surface area is 145 Å². The molecular weight excluding hydrogens is 347 g/mol. The molecule has 1 aromatic heterocycles. The molecule has 0 unspecified atom stereocenters. The molecule has 0 saturated carbocycles. The Kier molecular flexibility index (Phi) is 4.78. The van der Waals surface area contributed by atoms with E-state index in [2.05, 4.69) is 20.8 Å². The third-order valence-corrected chi connectivity index (χ3v) is 3.25. The van der Waals surface area contributed by atoms with Crippen LogP contribution in [0.15, 0.2) is 48.8 Å². The number of amides is 1. The van der Waals surface area contributed by atoms with E-state index >= 15 is 0 Å². The number of nitrogens with one attached hydrogen (secondary N) is 1. The molecule has 11 heteroatoms. The highest BCUT2D eigenvalue weighted by Gasteiger charge is 2.14. The number of carbonyl (C=O) groups excluding carboxylic acids is 1. The molecule has 3 rings (SSSR count). The number of nitro benzene ring substituents is 1. The maximum absolute atomic E-state index is 13.5. The van der Waals surface area contributed by atoms with E-state index < -0.39 is 22.3 Å². The fourth-order valence-electron chi connectivity index (χ4n) is 2.05. The van der Waals surface area contributed by atoms with Crippen molar-refractivity contribution in [3.8, 4) is 11.4 Å². The lowest BCUT2D eigenvalue weighted by Crippen LogP contribution is -2.20. The van der Waals surface area contributed by atoms with Crippen molar-refractivity contribution < 1.29 is 18.8 Å². The molecule has 0 aliphatic heterocycles. The number of tetrazole rings is 1. The monoisotopic (exact) mass is 358 g/mol. The Morgan fingerprint density at radius 2 is 2.04 bits per heavy atom. The number of nitro groups is 1. The average molecular weight is 358 g/mol. The predicted octanol–water partition coefficient (Wildman–Crippen LogP) is 1.73. The van der Waals surface area contributed by atoms with E-state index in [4.69, 9.17) is 4.74 Å². The third kappa shape index (κ3) is 3.95. The minimum Gasteiger partial charge on any atom is -0.484 e. The van der Waals surface area contributed by atoms with Gasteiger partial charge in [0.05, 0.1) is 10.6 Å². The van der Waals surface area contributed by atoms with Crippen LogP contribution in [0.4, 0.5) is 15.8 Å². The van der Waals surface area contributed by atoms with Crippen LogP contribution in [0, 0.1) is 15.9 Å². The van der Waals surface area contributed by atoms with Crippen molar-refractivity contribution in [3.63, 3.8) is 0 Å². The number of anilines is 1. The molecule has 2 aromatic carbocycles. The quantitative estimate of drug-likeness (QED) is 0.525. The summed E-state index contributed by atoms with van der Waals surface area (Å²) in [7, 11) is 0. The van der Waals surface area contributed by atoms with Crippen molar-refractivity contribution in [1.82, 2.24) is 20.2 Å². The number of nitrogens with zero attached hydrogens (tertiary/aromatic N) is 5. The lowest BCUT2D eigenvalue weighted by Gasteiger charge is -2.08. The number of aromatic nitrogens is 4. The first kappa shape index (κ1) is 17.0. The first-order valence-electron chi connectivity index (χ1n) is 7.23. The van der Waals surface area contributed by atoms with Crippen molar-refractivity contribution >= 4 is 17.3 Å². The van der Waals surface area contributed by atoms with E-state index in [1.165, 1.54) is 17.1 Å². The molecule has 0 fully saturated rings. The highest BCUT2D eigenvalue weighted by Crippen LogP contribution is 2.22. The summed E-state index contributed by atoms with van der Waals surface area (Å²) in [6, 6.07) is 9.76. The predicted molar refractivity (Wildman–Crippen MR) is 86.3 cm³/mol. The van der Waals surface area contributed by atoms with Crippen molar-refractivity contribution in [3.05, 3.63) is 64.7 Å². The third-order valence-electron chi connectivity index (χ3n) is 3.25. The molecule has 1 amide bonds. The number of hydrogen-bond acceptors (Lipinski definition) is 7. The molecule has 1 heterocycles. The molecule has 0 radical (unpaired) electrons. The van der Waals surface area contributed by atoms with E-state index in [0.29, 0.717) is 11.4 Å². The summed E-state index contributed by atoms with van der Waals surface area (Å²) in [6.45, 7) is -0.383. The van der Waals surface area contributed by atoms with Gasteiger partial charge in [-0.05, 0) is 40.8 Å². The molecule has 3 aromatic rings. The minimum absolute atomic E-state index is 0.0114. The Bertz CT molecular complexity index is 930. The van der Waals surface area contributed by atoms with Gasteiger partial charge in [-0.1, -0.05) is 0 Å². The fourth-order valence-corrected chi connectivity index (χ4v) is 2.05. The second-order valence-corrected chi connectivity index (χ2v) is 5.01. The molecule has 132 valence electrons. The molecule has 1 N–H and O–H groups in total. The number of rotatable bonds is 6. The van der Waals surface area contributed by atoms with Crippen LogP contribution in [0.2, 0.25) is 0 Å². The summed E-state index contributed by atoms with van der Waals surface area (Å²) in [6.07, 6.45) is 1.44. The second kappa shape index (κ2) is 7.34. The van der Waals surface area contributed by atoms with Gasteiger partial charge in [-0.15, -0.1) is 5.10 Å². The highest BCUT2D eigenvalue weighted by molar-refractivity contribution is 5.91. The smallest absolute Gasteiger partial charge is 0.305 e. The van der Waals surface area contributed by atoms with E-state index in [1.54, 1.807) is 24.3 Å². The zero-order chi connectivity index (χ0) is 18.5. The van der Waals surface area contributed by atoms with Crippen LogP contribution in [-0.2, 0) is 4.79 Å². The molecule has 0 aliphatic rings. The van der Waals surface area contributed by atoms with Crippen LogP contribution >= 0.6 is 0 Å². The van der Waals surface area contributed by atoms with Crippen LogP contribution in [0.25, 0.3) is 5.69 Å². The highest BCUT2D eigenvalue weighted by atomic mass is 19.1. The number of hydrogen-bond donors (Lipinski definition) is 1. The van der Waals surface area contributed by atoms with E-state index in [9.17, 15) is 19.3 Å². The Morgan fingerprint density at radius 3 is 2.65 bits per heavy atom. The summed E-state index contributed by atoms with van der Waals surface area (Å²) in [5, 5.41) is 23.9. The standard InChI is InChI=1S/C15H11FN6O4/c16-13-7-12(5-6-14(13)22(24)25)26-8-15(23)18-10-1-3-11(4-2-10)21-9-17-19-20-21/h1-7,9H,8H2,(H,18,23). The Balaban J connectivity index is 1.56. The summed E-state index contributed by atoms with van der Waals surface area (Å²) < 4.78 is 20.1. The van der Waals surface area contributed by atoms with Gasteiger partial charge in [0, 0.05) is 17.8 Å². The molecule has 0 atom stereocenters. The van der Waals surface area contributed by atoms with Gasteiger partial charge in [-0.25, -0.2) is 4.68 Å². The largest absolute Gasteiger partial charge is 0.484 e. The molecule has 0 spiro atoms. The lowest BCUT2D eigenvalue weighted by atomic mass is 10.3. The van der Waals surface area contributed by atoms with Crippen LogP contribution in [-0.4, -0.2) is 37.6 Å². The normalized spacial score (nSPS) is 10.3. The number of halogens is 1. The molecule has 10 nitrogen and oxygen atoms in total. The number of benzene rings is 2. The zero-order valence-electron chi connectivity index (χ0n) is 13.1.